The Morgan fingerprint density at radius 2 is 2.07 bits per heavy atom. The van der Waals surface area contributed by atoms with Crippen LogP contribution in [0.1, 0.15) is 42.8 Å². The van der Waals surface area contributed by atoms with E-state index in [0.29, 0.717) is 37.1 Å². The quantitative estimate of drug-likeness (QED) is 0.681. The van der Waals surface area contributed by atoms with Crippen LogP contribution in [-0.2, 0) is 25.7 Å². The molecule has 4 rings (SSSR count). The van der Waals surface area contributed by atoms with Crippen molar-refractivity contribution in [2.24, 2.45) is 0 Å². The number of nitrogens with one attached hydrogen (secondary N) is 1. The van der Waals surface area contributed by atoms with Crippen LogP contribution in [0.15, 0.2) is 12.3 Å². The van der Waals surface area contributed by atoms with Crippen LogP contribution in [0.4, 0.5) is 5.82 Å². The molecule has 2 atom stereocenters. The Morgan fingerprint density at radius 3 is 2.73 bits per heavy atom. The molecule has 1 fully saturated rings. The fraction of sp³-hybridized carbons (Fsp3) is 0.579. The number of ketones is 1. The Balaban J connectivity index is 1.87. The van der Waals surface area contributed by atoms with E-state index in [1.54, 1.807) is 26.1 Å². The molecule has 2 aliphatic heterocycles. The summed E-state index contributed by atoms with van der Waals surface area (Å²) in [5, 5.41) is 6.60. The maximum absolute atomic E-state index is 13.0. The maximum Gasteiger partial charge on any atom is 0.206 e. The van der Waals surface area contributed by atoms with Gasteiger partial charge in [-0.15, -0.1) is 0 Å². The van der Waals surface area contributed by atoms with E-state index in [0.717, 1.165) is 6.26 Å². The highest BCUT2D eigenvalue weighted by atomic mass is 32.2. The van der Waals surface area contributed by atoms with Crippen molar-refractivity contribution in [1.82, 2.24) is 20.2 Å². The lowest BCUT2D eigenvalue weighted by Crippen LogP contribution is -2.56. The number of carbonyl (C=O) groups excluding carboxylic acids is 1. The summed E-state index contributed by atoms with van der Waals surface area (Å²) < 4.78 is 35.4. The van der Waals surface area contributed by atoms with Crippen LogP contribution < -0.4 is 9.64 Å². The lowest BCUT2D eigenvalue weighted by Gasteiger charge is -2.45. The van der Waals surface area contributed by atoms with Crippen molar-refractivity contribution < 1.29 is 22.7 Å². The van der Waals surface area contributed by atoms with E-state index in [1.807, 2.05) is 6.92 Å². The molecule has 11 heteroatoms. The fourth-order valence-corrected chi connectivity index (χ4v) is 4.16. The molecule has 30 heavy (non-hydrogen) atoms. The van der Waals surface area contributed by atoms with E-state index in [2.05, 4.69) is 25.1 Å². The molecule has 0 bridgehead atoms. The van der Waals surface area contributed by atoms with E-state index in [-0.39, 0.29) is 35.8 Å². The fourth-order valence-electron chi connectivity index (χ4n) is 3.67. The second-order valence-corrected chi connectivity index (χ2v) is 10.8. The van der Waals surface area contributed by atoms with Gasteiger partial charge < -0.3 is 14.4 Å². The maximum atomic E-state index is 13.0. The standard InChI is InChI=1S/C19H25N5O5S/c1-11-8-28-9-13-10-29-15-16(19(2,3)30(4,26)27)21-17(22-18(15)24(11)13)14(25)7-12-5-6-20-23-12/h5-6,11,13H,7-10H2,1-4H3,(H,20,23)/t11-,13+/m1/s1. The van der Waals surface area contributed by atoms with E-state index in [9.17, 15) is 13.2 Å². The van der Waals surface area contributed by atoms with Crippen molar-refractivity contribution >= 4 is 21.4 Å². The third kappa shape index (κ3) is 3.45. The molecule has 2 aromatic heterocycles. The first-order valence-electron chi connectivity index (χ1n) is 9.72. The number of aromatic amines is 1. The van der Waals surface area contributed by atoms with E-state index < -0.39 is 14.6 Å². The van der Waals surface area contributed by atoms with Crippen LogP contribution in [0.25, 0.3) is 0 Å². The number of H-pyrrole nitrogens is 1. The SMILES string of the molecule is C[C@@H]1COC[C@H]2COc3c(nc(C(=O)Cc4ccn[nH]4)nc3C(C)(C)S(C)(=O)=O)N21. The highest BCUT2D eigenvalue weighted by Crippen LogP contribution is 2.43. The van der Waals surface area contributed by atoms with Gasteiger partial charge in [-0.1, -0.05) is 0 Å². The monoisotopic (exact) mass is 435 g/mol. The van der Waals surface area contributed by atoms with Crippen molar-refractivity contribution in [2.45, 2.75) is 44.0 Å². The molecular formula is C19H25N5O5S. The largest absolute Gasteiger partial charge is 0.486 e. The molecule has 0 spiro atoms. The normalized spacial score (nSPS) is 21.5. The molecular weight excluding hydrogens is 410 g/mol. The second-order valence-electron chi connectivity index (χ2n) is 8.27. The molecule has 1 saturated heterocycles. The molecule has 4 heterocycles. The number of nitrogens with zero attached hydrogens (tertiary/aromatic N) is 4. The van der Waals surface area contributed by atoms with Gasteiger partial charge in [0, 0.05) is 18.1 Å². The van der Waals surface area contributed by atoms with Crippen LogP contribution >= 0.6 is 0 Å². The van der Waals surface area contributed by atoms with Gasteiger partial charge >= 0.3 is 0 Å². The first kappa shape index (κ1) is 20.7. The predicted molar refractivity (Wildman–Crippen MR) is 109 cm³/mol. The highest BCUT2D eigenvalue weighted by Gasteiger charge is 2.44. The predicted octanol–water partition coefficient (Wildman–Crippen LogP) is 0.891. The Morgan fingerprint density at radius 1 is 1.30 bits per heavy atom. The first-order valence-corrected chi connectivity index (χ1v) is 11.6. The molecule has 0 aromatic carbocycles. The van der Waals surface area contributed by atoms with Gasteiger partial charge in [-0.05, 0) is 26.8 Å². The highest BCUT2D eigenvalue weighted by molar-refractivity contribution is 7.91. The average Bonchev–Trinajstić information content (AvgIpc) is 3.19. The van der Waals surface area contributed by atoms with Crippen molar-refractivity contribution in [3.63, 3.8) is 0 Å². The first-order chi connectivity index (χ1) is 14.1. The van der Waals surface area contributed by atoms with E-state index >= 15 is 0 Å². The molecule has 2 aliphatic rings. The Hall–Kier alpha value is -2.53. The van der Waals surface area contributed by atoms with Gasteiger partial charge in [-0.2, -0.15) is 5.10 Å². The molecule has 2 aromatic rings. The molecule has 0 unspecified atom stereocenters. The lowest BCUT2D eigenvalue weighted by molar-refractivity contribution is 0.0481. The number of morpholine rings is 1. The number of Topliss-reactive ketones (excluding diaryl/α,β-unsaturated/α-hetero) is 1. The van der Waals surface area contributed by atoms with E-state index in [4.69, 9.17) is 9.47 Å². The molecule has 0 radical (unpaired) electrons. The number of fused-ring (bicyclic) bond motifs is 3. The minimum Gasteiger partial charge on any atom is -0.486 e. The van der Waals surface area contributed by atoms with E-state index in [1.165, 1.54) is 0 Å². The van der Waals surface area contributed by atoms with Gasteiger partial charge in [0.25, 0.3) is 0 Å². The second kappa shape index (κ2) is 7.31. The number of ether oxygens (including phenoxy) is 2. The molecule has 0 saturated carbocycles. The summed E-state index contributed by atoms with van der Waals surface area (Å²) in [7, 11) is -3.57. The molecule has 10 nitrogen and oxygen atoms in total. The van der Waals surface area contributed by atoms with Crippen molar-refractivity contribution in [3.05, 3.63) is 29.5 Å². The minimum absolute atomic E-state index is 0.00828. The Bertz CT molecular complexity index is 1070. The zero-order chi connectivity index (χ0) is 21.7. The number of hydrogen-bond acceptors (Lipinski definition) is 9. The summed E-state index contributed by atoms with van der Waals surface area (Å²) >= 11 is 0. The number of anilines is 1. The average molecular weight is 436 g/mol. The summed E-state index contributed by atoms with van der Waals surface area (Å²) in [6.45, 7) is 6.42. The Labute approximate surface area is 174 Å². The zero-order valence-electron chi connectivity index (χ0n) is 17.4. The van der Waals surface area contributed by atoms with Gasteiger partial charge in [0.05, 0.1) is 31.7 Å². The number of sulfone groups is 1. The van der Waals surface area contributed by atoms with Crippen molar-refractivity contribution in [2.75, 3.05) is 31.0 Å². The van der Waals surface area contributed by atoms with Gasteiger partial charge in [0.1, 0.15) is 17.0 Å². The van der Waals surface area contributed by atoms with Crippen LogP contribution in [0.2, 0.25) is 0 Å². The number of rotatable bonds is 5. The van der Waals surface area contributed by atoms with Crippen LogP contribution in [0.5, 0.6) is 5.75 Å². The topological polar surface area (TPSA) is 127 Å². The molecule has 162 valence electrons. The Kier molecular flexibility index (Phi) is 5.05. The van der Waals surface area contributed by atoms with Crippen LogP contribution in [-0.4, -0.2) is 72.5 Å². The van der Waals surface area contributed by atoms with Crippen LogP contribution in [0, 0.1) is 0 Å². The van der Waals surface area contributed by atoms with Gasteiger partial charge in [-0.3, -0.25) is 9.89 Å². The smallest absolute Gasteiger partial charge is 0.206 e. The van der Waals surface area contributed by atoms with Crippen molar-refractivity contribution in [1.29, 1.82) is 0 Å². The lowest BCUT2D eigenvalue weighted by atomic mass is 10.0. The third-order valence-electron chi connectivity index (χ3n) is 5.71. The third-order valence-corrected chi connectivity index (χ3v) is 7.75. The molecule has 0 aliphatic carbocycles. The summed E-state index contributed by atoms with van der Waals surface area (Å²) in [6, 6.07) is 1.62. The summed E-state index contributed by atoms with van der Waals surface area (Å²) in [5.41, 5.74) is 0.819. The van der Waals surface area contributed by atoms with Gasteiger partial charge in [0.2, 0.25) is 5.78 Å². The molecule has 0 amide bonds. The number of hydrogen-bond donors (Lipinski definition) is 1. The van der Waals surface area contributed by atoms with Gasteiger partial charge in [0.15, 0.2) is 27.2 Å². The van der Waals surface area contributed by atoms with Crippen LogP contribution in [0.3, 0.4) is 0 Å². The number of carbonyl (C=O) groups is 1. The molecule has 1 N–H and O–H groups in total. The number of aromatic nitrogens is 4. The van der Waals surface area contributed by atoms with Gasteiger partial charge in [-0.25, -0.2) is 18.4 Å². The minimum atomic E-state index is -3.57. The summed E-state index contributed by atoms with van der Waals surface area (Å²) in [6.07, 6.45) is 2.74. The van der Waals surface area contributed by atoms with Crippen molar-refractivity contribution in [3.8, 4) is 5.75 Å². The summed E-state index contributed by atoms with van der Waals surface area (Å²) in [5.74, 6) is 0.374. The summed E-state index contributed by atoms with van der Waals surface area (Å²) in [4.78, 5) is 24.0. The zero-order valence-corrected chi connectivity index (χ0v) is 18.2.